The molecule has 0 bridgehead atoms. The normalized spacial score (nSPS) is 20.3. The summed E-state index contributed by atoms with van der Waals surface area (Å²) in [5, 5.41) is 11.2. The summed E-state index contributed by atoms with van der Waals surface area (Å²) in [7, 11) is 1.68. The second-order valence-corrected chi connectivity index (χ2v) is 4.60. The molecule has 0 aromatic carbocycles. The Morgan fingerprint density at radius 3 is 3.25 bits per heavy atom. The Kier molecular flexibility index (Phi) is 3.40. The molecule has 0 radical (unpaired) electrons. The van der Waals surface area contributed by atoms with E-state index in [1.54, 1.807) is 12.5 Å². The number of nitrogens with zero attached hydrogens (tertiary/aromatic N) is 2. The number of carboxylic acid groups (broad SMARTS) is 1. The number of thiazole rings is 1. The molecule has 0 amide bonds. The smallest absolute Gasteiger partial charge is 0.355 e. The molecule has 0 unspecified atom stereocenters. The highest BCUT2D eigenvalue weighted by Crippen LogP contribution is 2.28. The minimum absolute atomic E-state index is 0.128. The van der Waals surface area contributed by atoms with Gasteiger partial charge in [0.2, 0.25) is 0 Å². The van der Waals surface area contributed by atoms with E-state index in [0.717, 1.165) is 24.5 Å². The highest BCUT2D eigenvalue weighted by Gasteiger charge is 2.27. The van der Waals surface area contributed by atoms with Crippen LogP contribution in [0.3, 0.4) is 0 Å². The fourth-order valence-electron chi connectivity index (χ4n) is 1.95. The van der Waals surface area contributed by atoms with Gasteiger partial charge in [-0.05, 0) is 12.8 Å². The molecule has 5 nitrogen and oxygen atoms in total. The highest BCUT2D eigenvalue weighted by molar-refractivity contribution is 7.13. The van der Waals surface area contributed by atoms with Crippen LogP contribution < -0.4 is 4.90 Å². The van der Waals surface area contributed by atoms with Crippen LogP contribution in [-0.2, 0) is 4.74 Å². The first-order valence-electron chi connectivity index (χ1n) is 5.16. The van der Waals surface area contributed by atoms with Gasteiger partial charge in [0.05, 0.1) is 12.6 Å². The highest BCUT2D eigenvalue weighted by atomic mass is 32.1. The number of aromatic nitrogens is 1. The van der Waals surface area contributed by atoms with Crippen molar-refractivity contribution in [1.82, 2.24) is 4.98 Å². The summed E-state index contributed by atoms with van der Waals surface area (Å²) in [5.74, 6) is -0.968. The van der Waals surface area contributed by atoms with E-state index >= 15 is 0 Å². The summed E-state index contributed by atoms with van der Waals surface area (Å²) >= 11 is 1.38. The maximum atomic E-state index is 10.7. The lowest BCUT2D eigenvalue weighted by Crippen LogP contribution is -2.32. The lowest BCUT2D eigenvalue weighted by atomic mass is 10.2. The zero-order valence-corrected chi connectivity index (χ0v) is 9.87. The third kappa shape index (κ3) is 2.17. The molecule has 2 rings (SSSR count). The number of methoxy groups -OCH3 is 1. The van der Waals surface area contributed by atoms with E-state index < -0.39 is 5.97 Å². The number of hydrogen-bond donors (Lipinski definition) is 1. The summed E-state index contributed by atoms with van der Waals surface area (Å²) in [5.41, 5.74) is 0.128. The van der Waals surface area contributed by atoms with E-state index in [1.165, 1.54) is 11.3 Å². The van der Waals surface area contributed by atoms with Gasteiger partial charge in [0, 0.05) is 19.0 Å². The molecule has 0 saturated carbocycles. The van der Waals surface area contributed by atoms with Gasteiger partial charge in [-0.3, -0.25) is 0 Å². The monoisotopic (exact) mass is 242 g/mol. The fourth-order valence-corrected chi connectivity index (χ4v) is 2.84. The van der Waals surface area contributed by atoms with Crippen LogP contribution in [-0.4, -0.2) is 42.4 Å². The van der Waals surface area contributed by atoms with Gasteiger partial charge in [0.1, 0.15) is 0 Å². The van der Waals surface area contributed by atoms with E-state index in [4.69, 9.17) is 9.84 Å². The van der Waals surface area contributed by atoms with Crippen LogP contribution in [0.2, 0.25) is 0 Å². The first kappa shape index (κ1) is 11.3. The molecule has 2 heterocycles. The second kappa shape index (κ2) is 4.80. The molecule has 0 spiro atoms. The van der Waals surface area contributed by atoms with Gasteiger partial charge in [0.15, 0.2) is 10.8 Å². The minimum Gasteiger partial charge on any atom is -0.476 e. The van der Waals surface area contributed by atoms with Gasteiger partial charge in [0.25, 0.3) is 0 Å². The zero-order valence-electron chi connectivity index (χ0n) is 9.05. The van der Waals surface area contributed by atoms with Gasteiger partial charge in [-0.25, -0.2) is 9.78 Å². The molecule has 1 aliphatic rings. The molecule has 16 heavy (non-hydrogen) atoms. The van der Waals surface area contributed by atoms with Crippen molar-refractivity contribution in [3.8, 4) is 0 Å². The van der Waals surface area contributed by atoms with E-state index in [0.29, 0.717) is 12.6 Å². The number of ether oxygens (including phenoxy) is 1. The lowest BCUT2D eigenvalue weighted by Gasteiger charge is -2.22. The first-order chi connectivity index (χ1) is 7.72. The maximum Gasteiger partial charge on any atom is 0.355 e. The number of carboxylic acids is 1. The molecule has 88 valence electrons. The predicted molar refractivity (Wildman–Crippen MR) is 61.3 cm³/mol. The van der Waals surface area contributed by atoms with E-state index in [1.807, 2.05) is 0 Å². The Balaban J connectivity index is 2.13. The Hall–Kier alpha value is -1.14. The van der Waals surface area contributed by atoms with Gasteiger partial charge in [-0.1, -0.05) is 0 Å². The number of anilines is 1. The average Bonchev–Trinajstić information content (AvgIpc) is 2.84. The van der Waals surface area contributed by atoms with E-state index in [9.17, 15) is 4.79 Å². The largest absolute Gasteiger partial charge is 0.476 e. The SMILES string of the molecule is COC[C@@H]1CCCN1c1nc(C(=O)O)cs1. The molecule has 6 heteroatoms. The Labute approximate surface area is 97.7 Å². The van der Waals surface area contributed by atoms with Crippen LogP contribution in [0.5, 0.6) is 0 Å². The van der Waals surface area contributed by atoms with Crippen molar-refractivity contribution in [2.75, 3.05) is 25.2 Å². The molecule has 1 aromatic heterocycles. The predicted octanol–water partition coefficient (Wildman–Crippen LogP) is 1.46. The van der Waals surface area contributed by atoms with Crippen molar-refractivity contribution in [3.05, 3.63) is 11.1 Å². The van der Waals surface area contributed by atoms with Gasteiger partial charge >= 0.3 is 5.97 Å². The van der Waals surface area contributed by atoms with Crippen LogP contribution in [0, 0.1) is 0 Å². The number of rotatable bonds is 4. The Morgan fingerprint density at radius 1 is 1.81 bits per heavy atom. The summed E-state index contributed by atoms with van der Waals surface area (Å²) in [6.45, 7) is 1.60. The second-order valence-electron chi connectivity index (χ2n) is 3.77. The maximum absolute atomic E-state index is 10.7. The summed E-state index contributed by atoms with van der Waals surface area (Å²) in [6.07, 6.45) is 2.19. The fraction of sp³-hybridized carbons (Fsp3) is 0.600. The molecule has 0 aliphatic carbocycles. The zero-order chi connectivity index (χ0) is 11.5. The topological polar surface area (TPSA) is 62.7 Å². The molecule has 1 N–H and O–H groups in total. The van der Waals surface area contributed by atoms with Crippen LogP contribution >= 0.6 is 11.3 Å². The van der Waals surface area contributed by atoms with Crippen molar-refractivity contribution in [1.29, 1.82) is 0 Å². The summed E-state index contributed by atoms with van der Waals surface area (Å²) in [4.78, 5) is 17.0. The molecule has 1 aliphatic heterocycles. The van der Waals surface area contributed by atoms with Crippen LogP contribution in [0.1, 0.15) is 23.3 Å². The molecular weight excluding hydrogens is 228 g/mol. The summed E-state index contributed by atoms with van der Waals surface area (Å²) < 4.78 is 5.15. The molecule has 1 saturated heterocycles. The third-order valence-corrected chi connectivity index (χ3v) is 3.57. The third-order valence-electron chi connectivity index (χ3n) is 2.69. The number of hydrogen-bond acceptors (Lipinski definition) is 5. The molecular formula is C10H14N2O3S. The standard InChI is InChI=1S/C10H14N2O3S/c1-15-5-7-3-2-4-12(7)10-11-8(6-16-10)9(13)14/h6-7H,2-5H2,1H3,(H,13,14)/t7-/m0/s1. The minimum atomic E-state index is -0.968. The van der Waals surface area contributed by atoms with Crippen LogP contribution in [0.4, 0.5) is 5.13 Å². The number of carbonyl (C=O) groups is 1. The van der Waals surface area contributed by atoms with Crippen molar-refractivity contribution in [3.63, 3.8) is 0 Å². The van der Waals surface area contributed by atoms with Crippen molar-refractivity contribution >= 4 is 22.4 Å². The molecule has 1 aromatic rings. The summed E-state index contributed by atoms with van der Waals surface area (Å²) in [6, 6.07) is 0.331. The van der Waals surface area contributed by atoms with Gasteiger partial charge in [-0.2, -0.15) is 0 Å². The molecule has 1 atom stereocenters. The van der Waals surface area contributed by atoms with Crippen molar-refractivity contribution in [2.24, 2.45) is 0 Å². The van der Waals surface area contributed by atoms with Crippen molar-refractivity contribution in [2.45, 2.75) is 18.9 Å². The van der Waals surface area contributed by atoms with Gasteiger partial charge < -0.3 is 14.7 Å². The van der Waals surface area contributed by atoms with Crippen LogP contribution in [0.15, 0.2) is 5.38 Å². The Morgan fingerprint density at radius 2 is 2.62 bits per heavy atom. The molecule has 1 fully saturated rings. The van der Waals surface area contributed by atoms with Crippen LogP contribution in [0.25, 0.3) is 0 Å². The van der Waals surface area contributed by atoms with Gasteiger partial charge in [-0.15, -0.1) is 11.3 Å². The lowest BCUT2D eigenvalue weighted by molar-refractivity contribution is 0.0691. The number of aromatic carboxylic acids is 1. The first-order valence-corrected chi connectivity index (χ1v) is 6.04. The van der Waals surface area contributed by atoms with E-state index in [2.05, 4.69) is 9.88 Å². The van der Waals surface area contributed by atoms with E-state index in [-0.39, 0.29) is 5.69 Å². The quantitative estimate of drug-likeness (QED) is 0.866. The van der Waals surface area contributed by atoms with Crippen molar-refractivity contribution < 1.29 is 14.6 Å². The average molecular weight is 242 g/mol. The Bertz CT molecular complexity index is 380.